The molecule has 0 aliphatic rings. The van der Waals surface area contributed by atoms with E-state index in [0.29, 0.717) is 6.42 Å². The Kier molecular flexibility index (Phi) is 13.7. The van der Waals surface area contributed by atoms with Crippen molar-refractivity contribution in [2.24, 2.45) is 0 Å². The fourth-order valence-electron chi connectivity index (χ4n) is 2.38. The average molecular weight is 327 g/mol. The molecule has 0 fully saturated rings. The van der Waals surface area contributed by atoms with Gasteiger partial charge in [-0.3, -0.25) is 4.79 Å². The molecule has 0 spiro atoms. The first-order chi connectivity index (χ1) is 10.5. The normalized spacial score (nSPS) is 12.0. The monoisotopic (exact) mass is 326 g/mol. The van der Waals surface area contributed by atoms with E-state index in [-0.39, 0.29) is 5.97 Å². The SMILES string of the molecule is CCCCCC/C=C\CCCCCCCC(=O)O[Si](C)(C)C. The molecule has 0 saturated carbocycles. The van der Waals surface area contributed by atoms with Crippen molar-refractivity contribution in [1.29, 1.82) is 0 Å². The molecule has 0 amide bonds. The molecule has 0 aliphatic carbocycles. The predicted octanol–water partition coefficient (Wildman–Crippen LogP) is 6.62. The van der Waals surface area contributed by atoms with E-state index in [0.717, 1.165) is 12.8 Å². The Labute approximate surface area is 139 Å². The zero-order valence-corrected chi connectivity index (χ0v) is 16.5. The molecular weight excluding hydrogens is 288 g/mol. The van der Waals surface area contributed by atoms with Crippen molar-refractivity contribution in [3.8, 4) is 0 Å². The van der Waals surface area contributed by atoms with Gasteiger partial charge in [0.25, 0.3) is 5.97 Å². The number of hydrogen-bond acceptors (Lipinski definition) is 2. The molecule has 0 N–H and O–H groups in total. The molecule has 0 rings (SSSR count). The first kappa shape index (κ1) is 21.4. The van der Waals surface area contributed by atoms with E-state index < -0.39 is 8.32 Å². The number of allylic oxidation sites excluding steroid dienone is 2. The summed E-state index contributed by atoms with van der Waals surface area (Å²) in [7, 11) is -1.68. The van der Waals surface area contributed by atoms with Crippen molar-refractivity contribution < 1.29 is 9.22 Å². The molecular formula is C19H38O2Si. The summed E-state index contributed by atoms with van der Waals surface area (Å²) in [5.74, 6) is 0.00479. The Morgan fingerprint density at radius 2 is 1.32 bits per heavy atom. The van der Waals surface area contributed by atoms with Gasteiger partial charge in [-0.15, -0.1) is 0 Å². The van der Waals surface area contributed by atoms with Crippen molar-refractivity contribution in [2.75, 3.05) is 0 Å². The highest BCUT2D eigenvalue weighted by molar-refractivity contribution is 6.71. The van der Waals surface area contributed by atoms with E-state index in [1.807, 2.05) is 0 Å². The van der Waals surface area contributed by atoms with Gasteiger partial charge < -0.3 is 4.43 Å². The Bertz CT molecular complexity index is 292. The van der Waals surface area contributed by atoms with Crippen LogP contribution >= 0.6 is 0 Å². The summed E-state index contributed by atoms with van der Waals surface area (Å²) in [6, 6.07) is 0. The standard InChI is InChI=1S/C19H38O2Si/c1-5-6-7-8-9-10-11-12-13-14-15-16-17-18-19(20)21-22(2,3)4/h10-11H,5-9,12-18H2,1-4H3/b11-10-. The van der Waals surface area contributed by atoms with Crippen molar-refractivity contribution in [3.05, 3.63) is 12.2 Å². The first-order valence-electron chi connectivity index (χ1n) is 9.32. The van der Waals surface area contributed by atoms with E-state index in [1.54, 1.807) is 0 Å². The summed E-state index contributed by atoms with van der Waals surface area (Å²) in [6.07, 6.45) is 19.1. The third-order valence-corrected chi connectivity index (χ3v) is 4.40. The molecule has 0 unspecified atom stereocenters. The molecule has 2 nitrogen and oxygen atoms in total. The maximum absolute atomic E-state index is 11.6. The number of rotatable bonds is 14. The van der Waals surface area contributed by atoms with Gasteiger partial charge in [0.1, 0.15) is 0 Å². The van der Waals surface area contributed by atoms with Crippen LogP contribution in [0.2, 0.25) is 19.6 Å². The van der Waals surface area contributed by atoms with Crippen LogP contribution in [0, 0.1) is 0 Å². The summed E-state index contributed by atoms with van der Waals surface area (Å²) in [5.41, 5.74) is 0. The van der Waals surface area contributed by atoms with E-state index in [2.05, 4.69) is 38.7 Å². The summed E-state index contributed by atoms with van der Waals surface area (Å²) >= 11 is 0. The Hall–Kier alpha value is -0.573. The summed E-state index contributed by atoms with van der Waals surface area (Å²) < 4.78 is 5.44. The largest absolute Gasteiger partial charge is 0.520 e. The lowest BCUT2D eigenvalue weighted by molar-refractivity contribution is -0.135. The molecule has 22 heavy (non-hydrogen) atoms. The van der Waals surface area contributed by atoms with Crippen molar-refractivity contribution in [1.82, 2.24) is 0 Å². The second-order valence-electron chi connectivity index (χ2n) is 7.21. The zero-order valence-electron chi connectivity index (χ0n) is 15.5. The fraction of sp³-hybridized carbons (Fsp3) is 0.842. The minimum absolute atomic E-state index is 0.00479. The van der Waals surface area contributed by atoms with Gasteiger partial charge in [-0.05, 0) is 51.7 Å². The second kappa shape index (κ2) is 14.0. The third kappa shape index (κ3) is 17.5. The molecule has 0 heterocycles. The zero-order chi connectivity index (χ0) is 16.7. The minimum Gasteiger partial charge on any atom is -0.520 e. The molecule has 0 aliphatic heterocycles. The highest BCUT2D eigenvalue weighted by atomic mass is 28.4. The van der Waals surface area contributed by atoms with E-state index in [1.165, 1.54) is 57.8 Å². The summed E-state index contributed by atoms with van der Waals surface area (Å²) in [6.45, 7) is 8.43. The highest BCUT2D eigenvalue weighted by Gasteiger charge is 2.19. The molecule has 0 saturated heterocycles. The summed E-state index contributed by atoms with van der Waals surface area (Å²) in [4.78, 5) is 11.6. The van der Waals surface area contributed by atoms with Gasteiger partial charge in [-0.1, -0.05) is 57.6 Å². The van der Waals surface area contributed by atoms with Gasteiger partial charge in [-0.25, -0.2) is 0 Å². The smallest absolute Gasteiger partial charge is 0.292 e. The molecule has 0 aromatic rings. The topological polar surface area (TPSA) is 26.3 Å². The molecule has 3 heteroatoms. The van der Waals surface area contributed by atoms with Crippen LogP contribution in [0.3, 0.4) is 0 Å². The molecule has 0 bridgehead atoms. The maximum Gasteiger partial charge on any atom is 0.292 e. The van der Waals surface area contributed by atoms with Crippen LogP contribution in [0.25, 0.3) is 0 Å². The predicted molar refractivity (Wildman–Crippen MR) is 99.7 cm³/mol. The molecule has 0 atom stereocenters. The fourth-order valence-corrected chi connectivity index (χ4v) is 3.16. The van der Waals surface area contributed by atoms with Crippen LogP contribution in [-0.2, 0) is 9.22 Å². The van der Waals surface area contributed by atoms with E-state index in [9.17, 15) is 4.79 Å². The van der Waals surface area contributed by atoms with Crippen LogP contribution in [-0.4, -0.2) is 14.3 Å². The van der Waals surface area contributed by atoms with Gasteiger partial charge in [0, 0.05) is 6.42 Å². The lowest BCUT2D eigenvalue weighted by Crippen LogP contribution is -2.28. The van der Waals surface area contributed by atoms with Gasteiger partial charge in [0.2, 0.25) is 8.32 Å². The second-order valence-corrected chi connectivity index (χ2v) is 11.6. The van der Waals surface area contributed by atoms with Crippen molar-refractivity contribution in [3.63, 3.8) is 0 Å². The maximum atomic E-state index is 11.6. The van der Waals surface area contributed by atoms with Gasteiger partial charge in [0.05, 0.1) is 0 Å². The Morgan fingerprint density at radius 1 is 0.818 bits per heavy atom. The highest BCUT2D eigenvalue weighted by Crippen LogP contribution is 2.11. The van der Waals surface area contributed by atoms with Crippen LogP contribution in [0.15, 0.2) is 12.2 Å². The van der Waals surface area contributed by atoms with Crippen LogP contribution < -0.4 is 0 Å². The number of hydrogen-bond donors (Lipinski definition) is 0. The lowest BCUT2D eigenvalue weighted by atomic mass is 10.1. The minimum atomic E-state index is -1.68. The number of carbonyl (C=O) groups excluding carboxylic acids is 1. The Balaban J connectivity index is 3.27. The average Bonchev–Trinajstić information content (AvgIpc) is 2.42. The van der Waals surface area contributed by atoms with Crippen LogP contribution in [0.1, 0.15) is 84.0 Å². The van der Waals surface area contributed by atoms with Crippen LogP contribution in [0.4, 0.5) is 0 Å². The van der Waals surface area contributed by atoms with Crippen molar-refractivity contribution >= 4 is 14.3 Å². The van der Waals surface area contributed by atoms with E-state index >= 15 is 0 Å². The summed E-state index contributed by atoms with van der Waals surface area (Å²) in [5, 5.41) is 0. The third-order valence-electron chi connectivity index (χ3n) is 3.56. The molecule has 0 aromatic heterocycles. The van der Waals surface area contributed by atoms with Gasteiger partial charge in [0.15, 0.2) is 0 Å². The molecule has 130 valence electrons. The molecule has 0 radical (unpaired) electrons. The van der Waals surface area contributed by atoms with Gasteiger partial charge in [-0.2, -0.15) is 0 Å². The van der Waals surface area contributed by atoms with Crippen molar-refractivity contribution in [2.45, 2.75) is 104 Å². The number of unbranched alkanes of at least 4 members (excludes halogenated alkanes) is 9. The van der Waals surface area contributed by atoms with Crippen LogP contribution in [0.5, 0.6) is 0 Å². The first-order valence-corrected chi connectivity index (χ1v) is 12.7. The molecule has 0 aromatic carbocycles. The Morgan fingerprint density at radius 3 is 1.86 bits per heavy atom. The van der Waals surface area contributed by atoms with Gasteiger partial charge >= 0.3 is 0 Å². The number of carbonyl (C=O) groups is 1. The quantitative estimate of drug-likeness (QED) is 0.204. The lowest BCUT2D eigenvalue weighted by Gasteiger charge is -2.17. The van der Waals surface area contributed by atoms with E-state index in [4.69, 9.17) is 4.43 Å².